The number of hydrogen-bond donors (Lipinski definition) is 2. The summed E-state index contributed by atoms with van der Waals surface area (Å²) in [6.45, 7) is 6.24. The minimum Gasteiger partial charge on any atom is -0.343 e. The molecule has 0 spiro atoms. The van der Waals surface area contributed by atoms with E-state index in [4.69, 9.17) is 9.97 Å². The van der Waals surface area contributed by atoms with Crippen LogP contribution in [0, 0.1) is 20.8 Å². The normalized spacial score (nSPS) is 11.0. The van der Waals surface area contributed by atoms with Crippen molar-refractivity contribution < 1.29 is 0 Å². The lowest BCUT2D eigenvalue weighted by Crippen LogP contribution is -2.00. The Morgan fingerprint density at radius 2 is 1.68 bits per heavy atom. The van der Waals surface area contributed by atoms with Crippen LogP contribution in [0.5, 0.6) is 0 Å². The van der Waals surface area contributed by atoms with Crippen molar-refractivity contribution in [2.45, 2.75) is 20.8 Å². The molecule has 0 aliphatic rings. The summed E-state index contributed by atoms with van der Waals surface area (Å²) in [5.74, 6) is 1.53. The molecule has 4 rings (SSSR count). The molecule has 4 heteroatoms. The summed E-state index contributed by atoms with van der Waals surface area (Å²) in [6, 6.07) is 18.5. The lowest BCUT2D eigenvalue weighted by Gasteiger charge is -2.12. The van der Waals surface area contributed by atoms with Crippen molar-refractivity contribution in [3.63, 3.8) is 0 Å². The fourth-order valence-electron chi connectivity index (χ4n) is 3.03. The summed E-state index contributed by atoms with van der Waals surface area (Å²) in [7, 11) is 0. The summed E-state index contributed by atoms with van der Waals surface area (Å²) in [5.41, 5.74) is 6.42. The van der Waals surface area contributed by atoms with E-state index in [1.807, 2.05) is 37.3 Å². The molecule has 124 valence electrons. The van der Waals surface area contributed by atoms with Gasteiger partial charge >= 0.3 is 0 Å². The predicted octanol–water partition coefficient (Wildman–Crippen LogP) is 5.29. The third-order valence-electron chi connectivity index (χ3n) is 4.29. The Morgan fingerprint density at radius 3 is 2.44 bits per heavy atom. The van der Waals surface area contributed by atoms with Crippen molar-refractivity contribution in [1.82, 2.24) is 15.0 Å². The van der Waals surface area contributed by atoms with E-state index in [-0.39, 0.29) is 0 Å². The van der Waals surface area contributed by atoms with Crippen molar-refractivity contribution >= 4 is 22.5 Å². The number of nitrogens with one attached hydrogen (secondary N) is 2. The van der Waals surface area contributed by atoms with Crippen LogP contribution in [0.1, 0.15) is 16.8 Å². The number of aromatic nitrogens is 3. The highest BCUT2D eigenvalue weighted by Gasteiger charge is 2.12. The molecule has 4 aromatic rings. The number of aryl methyl sites for hydroxylation is 3. The molecular formula is C21H20N4. The molecule has 0 aliphatic carbocycles. The molecular weight excluding hydrogens is 308 g/mol. The topological polar surface area (TPSA) is 53.6 Å². The third kappa shape index (κ3) is 2.98. The summed E-state index contributed by atoms with van der Waals surface area (Å²) in [4.78, 5) is 12.8. The second kappa shape index (κ2) is 6.06. The van der Waals surface area contributed by atoms with Gasteiger partial charge < -0.3 is 10.3 Å². The van der Waals surface area contributed by atoms with Crippen molar-refractivity contribution in [2.24, 2.45) is 0 Å². The molecule has 2 aromatic heterocycles. The maximum Gasteiger partial charge on any atom is 0.163 e. The predicted molar refractivity (Wildman–Crippen MR) is 103 cm³/mol. The zero-order valence-corrected chi connectivity index (χ0v) is 14.6. The number of H-pyrrole nitrogens is 1. The SMILES string of the molecule is Cc1ccc(Nc2nc(-c3ccccc3)nc3[nH]c(C)cc23)c(C)c1. The summed E-state index contributed by atoms with van der Waals surface area (Å²) in [6.07, 6.45) is 0. The second-order valence-corrected chi connectivity index (χ2v) is 6.42. The molecule has 2 heterocycles. The van der Waals surface area contributed by atoms with E-state index in [9.17, 15) is 0 Å². The lowest BCUT2D eigenvalue weighted by atomic mass is 10.1. The molecule has 0 radical (unpaired) electrons. The van der Waals surface area contributed by atoms with Gasteiger partial charge in [-0.05, 0) is 38.5 Å². The molecule has 0 fully saturated rings. The number of nitrogens with zero attached hydrogens (tertiary/aromatic N) is 2. The van der Waals surface area contributed by atoms with Gasteiger partial charge in [-0.2, -0.15) is 0 Å². The molecule has 0 atom stereocenters. The van der Waals surface area contributed by atoms with Crippen molar-refractivity contribution in [1.29, 1.82) is 0 Å². The molecule has 0 saturated heterocycles. The van der Waals surface area contributed by atoms with Gasteiger partial charge in [0.15, 0.2) is 5.82 Å². The Bertz CT molecular complexity index is 1050. The molecule has 2 aromatic carbocycles. The Morgan fingerprint density at radius 1 is 0.880 bits per heavy atom. The maximum absolute atomic E-state index is 4.80. The zero-order chi connectivity index (χ0) is 17.4. The van der Waals surface area contributed by atoms with Crippen LogP contribution in [-0.4, -0.2) is 15.0 Å². The van der Waals surface area contributed by atoms with Crippen LogP contribution in [-0.2, 0) is 0 Å². The van der Waals surface area contributed by atoms with Crippen molar-refractivity contribution in [3.8, 4) is 11.4 Å². The number of anilines is 2. The smallest absolute Gasteiger partial charge is 0.163 e. The summed E-state index contributed by atoms with van der Waals surface area (Å²) < 4.78 is 0. The monoisotopic (exact) mass is 328 g/mol. The molecule has 0 saturated carbocycles. The first-order chi connectivity index (χ1) is 12.1. The van der Waals surface area contributed by atoms with Crippen LogP contribution in [0.4, 0.5) is 11.5 Å². The Kier molecular flexibility index (Phi) is 3.73. The highest BCUT2D eigenvalue weighted by atomic mass is 15.1. The first-order valence-corrected chi connectivity index (χ1v) is 8.37. The average molecular weight is 328 g/mol. The van der Waals surface area contributed by atoms with Crippen molar-refractivity contribution in [2.75, 3.05) is 5.32 Å². The van der Waals surface area contributed by atoms with E-state index >= 15 is 0 Å². The van der Waals surface area contributed by atoms with Gasteiger partial charge in [-0.1, -0.05) is 48.0 Å². The number of hydrogen-bond acceptors (Lipinski definition) is 3. The average Bonchev–Trinajstić information content (AvgIpc) is 2.98. The van der Waals surface area contributed by atoms with E-state index in [0.717, 1.165) is 33.8 Å². The Hall–Kier alpha value is -3.14. The molecule has 0 unspecified atom stereocenters. The highest BCUT2D eigenvalue weighted by Crippen LogP contribution is 2.29. The van der Waals surface area contributed by atoms with Crippen molar-refractivity contribution in [3.05, 3.63) is 71.4 Å². The summed E-state index contributed by atoms with van der Waals surface area (Å²) >= 11 is 0. The Labute approximate surface area is 147 Å². The quantitative estimate of drug-likeness (QED) is 0.537. The first-order valence-electron chi connectivity index (χ1n) is 8.37. The van der Waals surface area contributed by atoms with Crippen LogP contribution < -0.4 is 5.32 Å². The van der Waals surface area contributed by atoms with E-state index in [0.29, 0.717) is 5.82 Å². The van der Waals surface area contributed by atoms with Crippen LogP contribution in [0.25, 0.3) is 22.4 Å². The molecule has 0 bridgehead atoms. The van der Waals surface area contributed by atoms with Crippen LogP contribution in [0.3, 0.4) is 0 Å². The first kappa shape index (κ1) is 15.4. The number of benzene rings is 2. The zero-order valence-electron chi connectivity index (χ0n) is 14.6. The standard InChI is InChI=1S/C21H20N4/c1-13-9-10-18(14(2)11-13)23-21-17-12-15(3)22-20(17)24-19(25-21)16-7-5-4-6-8-16/h4-12H,1-3H3,(H2,22,23,24,25). The number of aromatic amines is 1. The van der Waals surface area contributed by atoms with Gasteiger partial charge in [-0.3, -0.25) is 0 Å². The Balaban J connectivity index is 1.86. The summed E-state index contributed by atoms with van der Waals surface area (Å²) in [5, 5.41) is 4.49. The molecule has 25 heavy (non-hydrogen) atoms. The lowest BCUT2D eigenvalue weighted by molar-refractivity contribution is 1.19. The fraction of sp³-hybridized carbons (Fsp3) is 0.143. The third-order valence-corrected chi connectivity index (χ3v) is 4.29. The molecule has 2 N–H and O–H groups in total. The molecule has 4 nitrogen and oxygen atoms in total. The van der Waals surface area contributed by atoms with Gasteiger partial charge in [0.25, 0.3) is 0 Å². The van der Waals surface area contributed by atoms with Gasteiger partial charge in [0.1, 0.15) is 11.5 Å². The van der Waals surface area contributed by atoms with E-state index in [1.165, 1.54) is 11.1 Å². The number of fused-ring (bicyclic) bond motifs is 1. The van der Waals surface area contributed by atoms with E-state index in [1.54, 1.807) is 0 Å². The fourth-order valence-corrected chi connectivity index (χ4v) is 3.03. The highest BCUT2D eigenvalue weighted by molar-refractivity contribution is 5.91. The van der Waals surface area contributed by atoms with Gasteiger partial charge in [-0.15, -0.1) is 0 Å². The molecule has 0 aliphatic heterocycles. The minimum atomic E-state index is 0.710. The largest absolute Gasteiger partial charge is 0.343 e. The van der Waals surface area contributed by atoms with Gasteiger partial charge in [0.2, 0.25) is 0 Å². The number of rotatable bonds is 3. The van der Waals surface area contributed by atoms with Gasteiger partial charge in [-0.25, -0.2) is 9.97 Å². The van der Waals surface area contributed by atoms with E-state index < -0.39 is 0 Å². The van der Waals surface area contributed by atoms with Gasteiger partial charge in [0.05, 0.1) is 5.39 Å². The van der Waals surface area contributed by atoms with Crippen LogP contribution in [0.15, 0.2) is 54.6 Å². The van der Waals surface area contributed by atoms with Crippen LogP contribution >= 0.6 is 0 Å². The second-order valence-electron chi connectivity index (χ2n) is 6.42. The maximum atomic E-state index is 4.80. The minimum absolute atomic E-state index is 0.710. The van der Waals surface area contributed by atoms with E-state index in [2.05, 4.69) is 48.4 Å². The van der Waals surface area contributed by atoms with Gasteiger partial charge in [0, 0.05) is 16.9 Å². The van der Waals surface area contributed by atoms with Crippen LogP contribution in [0.2, 0.25) is 0 Å². The molecule has 0 amide bonds.